The average Bonchev–Trinajstić information content (AvgIpc) is 2.75. The molecule has 30 heavy (non-hydrogen) atoms. The maximum absolute atomic E-state index is 11.7. The first-order valence-corrected chi connectivity index (χ1v) is 8.80. The summed E-state index contributed by atoms with van der Waals surface area (Å²) in [5.74, 6) is -3.06. The Bertz CT molecular complexity index is 1060. The van der Waals surface area contributed by atoms with E-state index in [1.807, 2.05) is 0 Å². The van der Waals surface area contributed by atoms with Crippen LogP contribution < -0.4 is 0 Å². The van der Waals surface area contributed by atoms with Gasteiger partial charge in [0.15, 0.2) is 0 Å². The van der Waals surface area contributed by atoms with Crippen LogP contribution in [-0.4, -0.2) is 47.3 Å². The van der Waals surface area contributed by atoms with Gasteiger partial charge in [-0.25, -0.2) is 19.2 Å². The molecule has 0 saturated carbocycles. The van der Waals surface area contributed by atoms with Crippen molar-refractivity contribution in [3.63, 3.8) is 0 Å². The molecular weight excluding hydrogens is 392 g/mol. The molecule has 3 aliphatic rings. The van der Waals surface area contributed by atoms with Crippen LogP contribution in [0.3, 0.4) is 0 Å². The predicted octanol–water partition coefficient (Wildman–Crippen LogP) is 3.25. The number of carboxylic acids is 2. The second kappa shape index (κ2) is 8.87. The molecule has 152 valence electrons. The first-order valence-electron chi connectivity index (χ1n) is 8.80. The molecule has 0 fully saturated rings. The van der Waals surface area contributed by atoms with Crippen molar-refractivity contribution in [2.24, 2.45) is 0 Å². The first-order chi connectivity index (χ1) is 14.3. The zero-order valence-electron chi connectivity index (χ0n) is 15.5. The van der Waals surface area contributed by atoms with E-state index in [1.165, 1.54) is 18.2 Å². The van der Waals surface area contributed by atoms with E-state index >= 15 is 0 Å². The lowest BCUT2D eigenvalue weighted by Crippen LogP contribution is -2.15. The van der Waals surface area contributed by atoms with E-state index in [-0.39, 0.29) is 24.3 Å². The summed E-state index contributed by atoms with van der Waals surface area (Å²) in [6, 6.07) is 15.7. The Balaban J connectivity index is 0.000000187. The van der Waals surface area contributed by atoms with Crippen molar-refractivity contribution in [1.29, 1.82) is 0 Å². The van der Waals surface area contributed by atoms with Crippen molar-refractivity contribution >= 4 is 34.6 Å². The van der Waals surface area contributed by atoms with Gasteiger partial charge in [0, 0.05) is 0 Å². The van der Waals surface area contributed by atoms with Crippen molar-refractivity contribution in [2.45, 2.75) is 0 Å². The van der Waals surface area contributed by atoms with Crippen LogP contribution in [0.5, 0.6) is 0 Å². The third kappa shape index (κ3) is 4.79. The molecule has 3 heterocycles. The van der Waals surface area contributed by atoms with Crippen LogP contribution in [0.2, 0.25) is 0 Å². The molecule has 0 amide bonds. The fourth-order valence-corrected chi connectivity index (χ4v) is 2.72. The van der Waals surface area contributed by atoms with Gasteiger partial charge >= 0.3 is 23.9 Å². The molecule has 8 nitrogen and oxygen atoms in total. The second-order valence-corrected chi connectivity index (χ2v) is 6.24. The van der Waals surface area contributed by atoms with E-state index in [4.69, 9.17) is 19.7 Å². The van der Waals surface area contributed by atoms with Crippen LogP contribution in [-0.2, 0) is 9.47 Å². The third-order valence-electron chi connectivity index (χ3n) is 4.22. The predicted molar refractivity (Wildman–Crippen MR) is 105 cm³/mol. The van der Waals surface area contributed by atoms with Gasteiger partial charge in [-0.3, -0.25) is 0 Å². The van der Waals surface area contributed by atoms with Gasteiger partial charge in [-0.15, -0.1) is 0 Å². The SMILES string of the molecule is O=C(O)c1cccc(C(=O)O)c1.O=C1OCCOC(=O)c2ccc3cc1ccc3c2. The molecule has 0 aromatic heterocycles. The zero-order valence-corrected chi connectivity index (χ0v) is 15.5. The number of carbonyl (C=O) groups excluding carboxylic acids is 2. The lowest BCUT2D eigenvalue weighted by atomic mass is 10.0. The van der Waals surface area contributed by atoms with Crippen LogP contribution in [0, 0.1) is 0 Å². The largest absolute Gasteiger partial charge is 0.478 e. The topological polar surface area (TPSA) is 127 Å². The fraction of sp³-hybridized carbons (Fsp3) is 0.0909. The monoisotopic (exact) mass is 408 g/mol. The Morgan fingerprint density at radius 3 is 1.50 bits per heavy atom. The first kappa shape index (κ1) is 20.5. The van der Waals surface area contributed by atoms with E-state index < -0.39 is 23.9 Å². The number of hydrogen-bond acceptors (Lipinski definition) is 6. The number of esters is 2. The van der Waals surface area contributed by atoms with Crippen molar-refractivity contribution in [3.8, 4) is 0 Å². The summed E-state index contributed by atoms with van der Waals surface area (Å²) in [4.78, 5) is 44.2. The molecule has 4 bridgehead atoms. The van der Waals surface area contributed by atoms with E-state index in [1.54, 1.807) is 36.4 Å². The summed E-state index contributed by atoms with van der Waals surface area (Å²) in [6.45, 7) is 0.136. The summed E-state index contributed by atoms with van der Waals surface area (Å²) >= 11 is 0. The number of rotatable bonds is 2. The molecule has 0 aliphatic carbocycles. The quantitative estimate of drug-likeness (QED) is 0.619. The smallest absolute Gasteiger partial charge is 0.338 e. The number of benzene rings is 3. The van der Waals surface area contributed by atoms with Gasteiger partial charge in [0.05, 0.1) is 22.3 Å². The van der Waals surface area contributed by atoms with Crippen LogP contribution >= 0.6 is 0 Å². The number of carbonyl (C=O) groups is 4. The molecule has 0 saturated heterocycles. The summed E-state index contributed by atoms with van der Waals surface area (Å²) in [5.41, 5.74) is 0.967. The summed E-state index contributed by atoms with van der Waals surface area (Å²) in [7, 11) is 0. The average molecular weight is 408 g/mol. The van der Waals surface area contributed by atoms with E-state index in [9.17, 15) is 19.2 Å². The van der Waals surface area contributed by atoms with Gasteiger partial charge in [-0.2, -0.15) is 0 Å². The maximum Gasteiger partial charge on any atom is 0.338 e. The van der Waals surface area contributed by atoms with Crippen LogP contribution in [0.1, 0.15) is 41.4 Å². The van der Waals surface area contributed by atoms with Crippen LogP contribution in [0.25, 0.3) is 10.8 Å². The van der Waals surface area contributed by atoms with Crippen molar-refractivity contribution in [2.75, 3.05) is 13.2 Å². The fourth-order valence-electron chi connectivity index (χ4n) is 2.72. The Morgan fingerprint density at radius 1 is 0.667 bits per heavy atom. The highest BCUT2D eigenvalue weighted by molar-refractivity contribution is 5.99. The van der Waals surface area contributed by atoms with E-state index in [2.05, 4.69) is 0 Å². The van der Waals surface area contributed by atoms with E-state index in [0.717, 1.165) is 16.8 Å². The number of hydrogen-bond donors (Lipinski definition) is 2. The number of aromatic carboxylic acids is 2. The highest BCUT2D eigenvalue weighted by Gasteiger charge is 2.13. The Morgan fingerprint density at radius 2 is 1.10 bits per heavy atom. The standard InChI is InChI=1S/C14H10O4.C8H6O4/c15-13-11-3-1-9-7-12(4-2-10(9)8-11)14(16)18-6-5-17-13;9-7(10)5-2-1-3-6(4-5)8(11)12/h1-4,7-8H,5-6H2;1-4H,(H,9,10)(H,11,12). The van der Waals surface area contributed by atoms with Crippen molar-refractivity contribution < 1.29 is 38.9 Å². The molecule has 0 radical (unpaired) electrons. The number of fused-ring (bicyclic) bond motifs is 2. The van der Waals surface area contributed by atoms with E-state index in [0.29, 0.717) is 11.1 Å². The minimum Gasteiger partial charge on any atom is -0.478 e. The molecule has 0 atom stereocenters. The minimum absolute atomic E-state index is 0.0186. The molecule has 2 N–H and O–H groups in total. The van der Waals surface area contributed by atoms with Gasteiger partial charge in [0.1, 0.15) is 13.2 Å². The van der Waals surface area contributed by atoms with Crippen molar-refractivity contribution in [3.05, 3.63) is 82.9 Å². The van der Waals surface area contributed by atoms with Crippen molar-refractivity contribution in [1.82, 2.24) is 0 Å². The van der Waals surface area contributed by atoms with Gasteiger partial charge < -0.3 is 19.7 Å². The third-order valence-corrected chi connectivity index (χ3v) is 4.22. The molecular formula is C22H16O8. The molecule has 0 spiro atoms. The number of carboxylic acid groups (broad SMARTS) is 2. The lowest BCUT2D eigenvalue weighted by molar-refractivity contribution is 0.0265. The summed E-state index contributed by atoms with van der Waals surface area (Å²) in [6.07, 6.45) is 0. The van der Waals surface area contributed by atoms with Gasteiger partial charge in [-0.1, -0.05) is 18.2 Å². The Kier molecular flexibility index (Phi) is 6.07. The normalized spacial score (nSPS) is 12.9. The lowest BCUT2D eigenvalue weighted by Gasteiger charge is -2.10. The highest BCUT2D eigenvalue weighted by Crippen LogP contribution is 2.19. The molecule has 0 unspecified atom stereocenters. The summed E-state index contributed by atoms with van der Waals surface area (Å²) in [5, 5.41) is 18.8. The molecule has 8 heteroatoms. The molecule has 3 aromatic rings. The summed E-state index contributed by atoms with van der Waals surface area (Å²) < 4.78 is 9.99. The van der Waals surface area contributed by atoms with Crippen LogP contribution in [0.4, 0.5) is 0 Å². The Hall–Kier alpha value is -4.20. The zero-order chi connectivity index (χ0) is 21.7. The molecule has 6 rings (SSSR count). The van der Waals surface area contributed by atoms with Gasteiger partial charge in [0.25, 0.3) is 0 Å². The maximum atomic E-state index is 11.7. The van der Waals surface area contributed by atoms with Gasteiger partial charge in [0.2, 0.25) is 0 Å². The molecule has 3 aromatic carbocycles. The second-order valence-electron chi connectivity index (χ2n) is 6.24. The van der Waals surface area contributed by atoms with Gasteiger partial charge in [-0.05, 0) is 53.2 Å². The van der Waals surface area contributed by atoms with Crippen LogP contribution in [0.15, 0.2) is 60.7 Å². The highest BCUT2D eigenvalue weighted by atomic mass is 16.6. The minimum atomic E-state index is -1.13. The molecule has 3 aliphatic heterocycles. The number of ether oxygens (including phenoxy) is 2. The Labute approximate surface area is 170 Å².